The first-order chi connectivity index (χ1) is 10.9. The van der Waals surface area contributed by atoms with Gasteiger partial charge in [0.2, 0.25) is 0 Å². The Morgan fingerprint density at radius 1 is 1.39 bits per heavy atom. The van der Waals surface area contributed by atoms with Crippen molar-refractivity contribution >= 4 is 11.6 Å². The highest BCUT2D eigenvalue weighted by Gasteiger charge is 2.46. The molecule has 2 heterocycles. The number of amides is 1. The number of nitrogens with zero attached hydrogens (tertiary/aromatic N) is 1. The number of benzene rings is 1. The second kappa shape index (κ2) is 6.15. The molecule has 0 bridgehead atoms. The van der Waals surface area contributed by atoms with Crippen LogP contribution < -0.4 is 10.2 Å². The van der Waals surface area contributed by atoms with Gasteiger partial charge in [-0.2, -0.15) is 13.2 Å². The summed E-state index contributed by atoms with van der Waals surface area (Å²) < 4.78 is 38.3. The van der Waals surface area contributed by atoms with Crippen LogP contribution in [-0.4, -0.2) is 31.2 Å². The molecule has 1 N–H and O–H groups in total. The van der Waals surface area contributed by atoms with Crippen LogP contribution in [0, 0.1) is 5.92 Å². The van der Waals surface area contributed by atoms with E-state index in [1.165, 1.54) is 12.8 Å². The van der Waals surface area contributed by atoms with Crippen molar-refractivity contribution in [2.45, 2.75) is 44.8 Å². The molecule has 1 aromatic rings. The second-order valence-corrected chi connectivity index (χ2v) is 6.61. The first kappa shape index (κ1) is 16.3. The zero-order valence-electron chi connectivity index (χ0n) is 13.1. The van der Waals surface area contributed by atoms with Gasteiger partial charge < -0.3 is 10.2 Å². The fourth-order valence-electron chi connectivity index (χ4n) is 3.69. The van der Waals surface area contributed by atoms with E-state index in [0.717, 1.165) is 35.5 Å². The lowest BCUT2D eigenvalue weighted by molar-refractivity contribution is -0.170. The Balaban J connectivity index is 1.79. The minimum absolute atomic E-state index is 0.408. The third-order valence-electron chi connectivity index (χ3n) is 4.74. The van der Waals surface area contributed by atoms with Crippen molar-refractivity contribution in [2.24, 2.45) is 5.92 Å². The van der Waals surface area contributed by atoms with E-state index in [0.29, 0.717) is 18.0 Å². The number of carbonyl (C=O) groups is 1. The van der Waals surface area contributed by atoms with E-state index in [1.54, 1.807) is 13.0 Å². The molecule has 6 heteroatoms. The van der Waals surface area contributed by atoms with Gasteiger partial charge in [-0.15, -0.1) is 0 Å². The van der Waals surface area contributed by atoms with Gasteiger partial charge in [0.05, 0.1) is 0 Å². The van der Waals surface area contributed by atoms with Crippen LogP contribution in [0.1, 0.15) is 30.9 Å². The lowest BCUT2D eigenvalue weighted by atomic mass is 9.91. The van der Waals surface area contributed by atoms with E-state index >= 15 is 0 Å². The first-order valence-electron chi connectivity index (χ1n) is 8.09. The molecule has 2 unspecified atom stereocenters. The standard InChI is InChI=1S/C17H21F3N2O/c1-11-7-14-9-12(8-13-3-2-6-21-10-13)4-5-15(14)22(11)16(23)17(18,19)20/h4-5,9,11,13,21H,2-3,6-8,10H2,1H3. The van der Waals surface area contributed by atoms with E-state index in [-0.39, 0.29) is 0 Å². The number of hydrogen-bond donors (Lipinski definition) is 1. The van der Waals surface area contributed by atoms with Crippen LogP contribution in [-0.2, 0) is 17.6 Å². The summed E-state index contributed by atoms with van der Waals surface area (Å²) in [6, 6.07) is 5.06. The first-order valence-corrected chi connectivity index (χ1v) is 8.09. The normalized spacial score (nSPS) is 24.6. The number of nitrogens with one attached hydrogen (secondary N) is 1. The SMILES string of the molecule is CC1Cc2cc(CC3CCCNC3)ccc2N1C(=O)C(F)(F)F. The maximum absolute atomic E-state index is 12.8. The predicted octanol–water partition coefficient (Wildman–Crippen LogP) is 3.07. The Morgan fingerprint density at radius 2 is 2.17 bits per heavy atom. The van der Waals surface area contributed by atoms with Crippen molar-refractivity contribution in [3.8, 4) is 0 Å². The number of fused-ring (bicyclic) bond motifs is 1. The van der Waals surface area contributed by atoms with Crippen LogP contribution in [0.3, 0.4) is 0 Å². The maximum Gasteiger partial charge on any atom is 0.471 e. The molecule has 2 aliphatic rings. The van der Waals surface area contributed by atoms with Gasteiger partial charge in [0.15, 0.2) is 0 Å². The fourth-order valence-corrected chi connectivity index (χ4v) is 3.69. The molecule has 23 heavy (non-hydrogen) atoms. The average molecular weight is 326 g/mol. The molecule has 0 aliphatic carbocycles. The second-order valence-electron chi connectivity index (χ2n) is 6.61. The average Bonchev–Trinajstić information content (AvgIpc) is 2.81. The molecule has 1 aromatic carbocycles. The highest BCUT2D eigenvalue weighted by atomic mass is 19.4. The summed E-state index contributed by atoms with van der Waals surface area (Å²) in [7, 11) is 0. The van der Waals surface area contributed by atoms with Crippen LogP contribution in [0.15, 0.2) is 18.2 Å². The Bertz CT molecular complexity index is 594. The van der Waals surface area contributed by atoms with Crippen LogP contribution in [0.2, 0.25) is 0 Å². The van der Waals surface area contributed by atoms with Crippen molar-refractivity contribution < 1.29 is 18.0 Å². The number of piperidine rings is 1. The van der Waals surface area contributed by atoms with Gasteiger partial charge >= 0.3 is 12.1 Å². The summed E-state index contributed by atoms with van der Waals surface area (Å²) in [6.07, 6.45) is -1.07. The molecule has 3 nitrogen and oxygen atoms in total. The molecule has 0 radical (unpaired) electrons. The van der Waals surface area contributed by atoms with E-state index in [4.69, 9.17) is 0 Å². The monoisotopic (exact) mass is 326 g/mol. The summed E-state index contributed by atoms with van der Waals surface area (Å²) in [6.45, 7) is 3.72. The van der Waals surface area contributed by atoms with E-state index in [1.807, 2.05) is 12.1 Å². The quantitative estimate of drug-likeness (QED) is 0.906. The van der Waals surface area contributed by atoms with Gasteiger partial charge in [-0.3, -0.25) is 4.79 Å². The number of carbonyl (C=O) groups excluding carboxylic acids is 1. The summed E-state index contributed by atoms with van der Waals surface area (Å²) >= 11 is 0. The molecule has 1 saturated heterocycles. The van der Waals surface area contributed by atoms with Crippen molar-refractivity contribution in [3.05, 3.63) is 29.3 Å². The summed E-state index contributed by atoms with van der Waals surface area (Å²) in [5, 5.41) is 3.38. The van der Waals surface area contributed by atoms with Crippen molar-refractivity contribution in [1.82, 2.24) is 5.32 Å². The molecular weight excluding hydrogens is 305 g/mol. The highest BCUT2D eigenvalue weighted by molar-refractivity contribution is 5.99. The van der Waals surface area contributed by atoms with Gasteiger partial charge in [0.1, 0.15) is 0 Å². The molecule has 2 aliphatic heterocycles. The van der Waals surface area contributed by atoms with Crippen LogP contribution >= 0.6 is 0 Å². The highest BCUT2D eigenvalue weighted by Crippen LogP contribution is 2.36. The van der Waals surface area contributed by atoms with Crippen LogP contribution in [0.4, 0.5) is 18.9 Å². The maximum atomic E-state index is 12.8. The Morgan fingerprint density at radius 3 is 2.83 bits per heavy atom. The van der Waals surface area contributed by atoms with Gasteiger partial charge in [0, 0.05) is 11.7 Å². The minimum atomic E-state index is -4.83. The third kappa shape index (κ3) is 3.37. The van der Waals surface area contributed by atoms with Gasteiger partial charge in [-0.05, 0) is 68.8 Å². The zero-order valence-corrected chi connectivity index (χ0v) is 13.1. The molecule has 1 amide bonds. The topological polar surface area (TPSA) is 32.3 Å². The van der Waals surface area contributed by atoms with Gasteiger partial charge in [-0.25, -0.2) is 0 Å². The summed E-state index contributed by atoms with van der Waals surface area (Å²) in [5.41, 5.74) is 2.40. The predicted molar refractivity (Wildman–Crippen MR) is 82.4 cm³/mol. The summed E-state index contributed by atoms with van der Waals surface area (Å²) in [5.74, 6) is -1.19. The molecule has 0 saturated carbocycles. The lowest BCUT2D eigenvalue weighted by Gasteiger charge is -2.24. The zero-order chi connectivity index (χ0) is 16.6. The Hall–Kier alpha value is -1.56. The lowest BCUT2D eigenvalue weighted by Crippen LogP contribution is -2.44. The van der Waals surface area contributed by atoms with E-state index < -0.39 is 18.1 Å². The molecule has 126 valence electrons. The Kier molecular flexibility index (Phi) is 4.36. The third-order valence-corrected chi connectivity index (χ3v) is 4.74. The minimum Gasteiger partial charge on any atom is -0.316 e. The van der Waals surface area contributed by atoms with E-state index in [9.17, 15) is 18.0 Å². The number of anilines is 1. The smallest absolute Gasteiger partial charge is 0.316 e. The van der Waals surface area contributed by atoms with E-state index in [2.05, 4.69) is 5.32 Å². The van der Waals surface area contributed by atoms with Crippen molar-refractivity contribution in [1.29, 1.82) is 0 Å². The molecule has 2 atom stereocenters. The molecule has 0 aromatic heterocycles. The van der Waals surface area contributed by atoms with Crippen molar-refractivity contribution in [3.63, 3.8) is 0 Å². The van der Waals surface area contributed by atoms with Crippen LogP contribution in [0.25, 0.3) is 0 Å². The number of rotatable bonds is 2. The van der Waals surface area contributed by atoms with Gasteiger partial charge in [-0.1, -0.05) is 12.1 Å². The largest absolute Gasteiger partial charge is 0.471 e. The van der Waals surface area contributed by atoms with Gasteiger partial charge in [0.25, 0.3) is 0 Å². The number of alkyl halides is 3. The molecule has 3 rings (SSSR count). The molecule has 1 fully saturated rings. The van der Waals surface area contributed by atoms with Crippen LogP contribution in [0.5, 0.6) is 0 Å². The summed E-state index contributed by atoms with van der Waals surface area (Å²) in [4.78, 5) is 12.5. The number of hydrogen-bond acceptors (Lipinski definition) is 2. The Labute approximate surface area is 133 Å². The molecular formula is C17H21F3N2O. The van der Waals surface area contributed by atoms with Crippen molar-refractivity contribution in [2.75, 3.05) is 18.0 Å². The molecule has 0 spiro atoms. The fraction of sp³-hybridized carbons (Fsp3) is 0.588. The number of halogens is 3.